The van der Waals surface area contributed by atoms with Gasteiger partial charge in [-0.25, -0.2) is 0 Å². The average Bonchev–Trinajstić information content (AvgIpc) is 3.02. The van der Waals surface area contributed by atoms with Gasteiger partial charge in [0, 0.05) is 27.8 Å². The molecule has 9 heteroatoms. The Morgan fingerprint density at radius 1 is 1.00 bits per heavy atom. The van der Waals surface area contributed by atoms with Crippen LogP contribution < -0.4 is 19.1 Å². The highest BCUT2D eigenvalue weighted by Gasteiger charge is 2.39. The van der Waals surface area contributed by atoms with Crippen molar-refractivity contribution in [1.29, 1.82) is 0 Å². The molecular weight excluding hydrogens is 510 g/mol. The molecule has 3 aromatic rings. The van der Waals surface area contributed by atoms with E-state index in [1.54, 1.807) is 44.6 Å². The van der Waals surface area contributed by atoms with Crippen molar-refractivity contribution in [2.24, 2.45) is 0 Å². The van der Waals surface area contributed by atoms with Crippen LogP contribution in [0, 0.1) is 0 Å². The third-order valence-corrected chi connectivity index (χ3v) is 6.82. The summed E-state index contributed by atoms with van der Waals surface area (Å²) < 4.78 is 23.0. The molecule has 1 aliphatic heterocycles. The fourth-order valence-electron chi connectivity index (χ4n) is 4.76. The van der Waals surface area contributed by atoms with Gasteiger partial charge >= 0.3 is 5.97 Å². The van der Waals surface area contributed by atoms with Crippen LogP contribution >= 0.6 is 11.6 Å². The molecule has 0 saturated heterocycles. The number of carbonyl (C=O) groups excluding carboxylic acids is 1. The van der Waals surface area contributed by atoms with Crippen molar-refractivity contribution in [3.63, 3.8) is 0 Å². The quantitative estimate of drug-likeness (QED) is 0.388. The van der Waals surface area contributed by atoms with Gasteiger partial charge in [0.15, 0.2) is 0 Å². The highest BCUT2D eigenvalue weighted by atomic mass is 35.5. The van der Waals surface area contributed by atoms with Crippen LogP contribution in [-0.4, -0.2) is 44.4 Å². The van der Waals surface area contributed by atoms with Crippen LogP contribution in [0.2, 0.25) is 5.02 Å². The number of fused-ring (bicyclic) bond motifs is 1. The maximum Gasteiger partial charge on any atom is 0.306 e. The third-order valence-electron chi connectivity index (χ3n) is 6.58. The number of amides is 1. The number of methoxy groups -OCH3 is 3. The second-order valence-corrected chi connectivity index (χ2v) is 9.24. The van der Waals surface area contributed by atoms with Gasteiger partial charge in [0.1, 0.15) is 29.5 Å². The van der Waals surface area contributed by atoms with Gasteiger partial charge in [0.2, 0.25) is 0 Å². The predicted octanol–water partition coefficient (Wildman–Crippen LogP) is 5.42. The molecule has 0 aromatic heterocycles. The Bertz CT molecular complexity index is 1340. The smallest absolute Gasteiger partial charge is 0.306 e. The molecule has 0 aliphatic carbocycles. The molecule has 200 valence electrons. The summed E-state index contributed by atoms with van der Waals surface area (Å²) in [5.74, 6) is 0.124. The van der Waals surface area contributed by atoms with E-state index < -0.39 is 30.5 Å². The van der Waals surface area contributed by atoms with Gasteiger partial charge in [-0.1, -0.05) is 36.7 Å². The van der Waals surface area contributed by atoms with Gasteiger partial charge in [-0.05, 0) is 42.3 Å². The predicted molar refractivity (Wildman–Crippen MR) is 144 cm³/mol. The summed E-state index contributed by atoms with van der Waals surface area (Å²) in [4.78, 5) is 27.3. The number of ether oxygens (including phenoxy) is 4. The Kier molecular flexibility index (Phi) is 8.44. The van der Waals surface area contributed by atoms with E-state index in [9.17, 15) is 14.7 Å². The van der Waals surface area contributed by atoms with E-state index in [-0.39, 0.29) is 6.54 Å². The number of anilines is 1. The molecule has 0 saturated carbocycles. The number of aliphatic carboxylic acids is 1. The first kappa shape index (κ1) is 27.3. The number of carbonyl (C=O) groups is 2. The Morgan fingerprint density at radius 2 is 1.79 bits per heavy atom. The molecule has 1 amide bonds. The first-order valence-corrected chi connectivity index (χ1v) is 12.5. The van der Waals surface area contributed by atoms with Crippen LogP contribution in [0.15, 0.2) is 54.6 Å². The summed E-state index contributed by atoms with van der Waals surface area (Å²) in [6.07, 6.45) is -1.86. The van der Waals surface area contributed by atoms with Gasteiger partial charge < -0.3 is 29.0 Å². The summed E-state index contributed by atoms with van der Waals surface area (Å²) in [6.45, 7) is 2.13. The summed E-state index contributed by atoms with van der Waals surface area (Å²) in [5, 5.41) is 10.1. The minimum Gasteiger partial charge on any atom is -0.497 e. The largest absolute Gasteiger partial charge is 0.497 e. The van der Waals surface area contributed by atoms with Crippen LogP contribution in [-0.2, 0) is 27.3 Å². The van der Waals surface area contributed by atoms with Crippen molar-refractivity contribution in [3.05, 3.63) is 81.9 Å². The first-order valence-electron chi connectivity index (χ1n) is 12.2. The molecule has 0 radical (unpaired) electrons. The molecule has 2 atom stereocenters. The number of para-hydroxylation sites is 1. The van der Waals surface area contributed by atoms with Crippen LogP contribution in [0.1, 0.15) is 41.7 Å². The lowest BCUT2D eigenvalue weighted by molar-refractivity contribution is -0.147. The average molecular weight is 540 g/mol. The molecule has 0 spiro atoms. The number of benzene rings is 3. The van der Waals surface area contributed by atoms with Gasteiger partial charge in [0.25, 0.3) is 5.91 Å². The summed E-state index contributed by atoms with van der Waals surface area (Å²) in [5.41, 5.74) is 3.53. The molecule has 3 aromatic carbocycles. The summed E-state index contributed by atoms with van der Waals surface area (Å²) in [7, 11) is 4.67. The number of hydrogen-bond donors (Lipinski definition) is 1. The molecule has 0 bridgehead atoms. The number of halogens is 1. The van der Waals surface area contributed by atoms with Crippen molar-refractivity contribution in [3.8, 4) is 17.2 Å². The minimum atomic E-state index is -1.26. The second-order valence-electron chi connectivity index (χ2n) is 8.80. The van der Waals surface area contributed by atoms with Crippen molar-refractivity contribution < 1.29 is 33.6 Å². The van der Waals surface area contributed by atoms with Crippen molar-refractivity contribution in [2.45, 2.75) is 38.5 Å². The summed E-state index contributed by atoms with van der Waals surface area (Å²) >= 11 is 6.44. The molecule has 0 fully saturated rings. The zero-order chi connectivity index (χ0) is 27.4. The van der Waals surface area contributed by atoms with Crippen molar-refractivity contribution in [1.82, 2.24) is 0 Å². The Hall–Kier alpha value is -3.75. The summed E-state index contributed by atoms with van der Waals surface area (Å²) in [6, 6.07) is 16.2. The van der Waals surface area contributed by atoms with Crippen LogP contribution in [0.5, 0.6) is 17.2 Å². The topological polar surface area (TPSA) is 94.5 Å². The monoisotopic (exact) mass is 539 g/mol. The number of rotatable bonds is 9. The van der Waals surface area contributed by atoms with Crippen molar-refractivity contribution >= 4 is 29.2 Å². The van der Waals surface area contributed by atoms with E-state index in [1.807, 2.05) is 31.2 Å². The van der Waals surface area contributed by atoms with Gasteiger partial charge in [-0.2, -0.15) is 0 Å². The molecule has 1 aliphatic rings. The second kappa shape index (κ2) is 11.8. The van der Waals surface area contributed by atoms with Gasteiger partial charge in [0.05, 0.1) is 40.0 Å². The van der Waals surface area contributed by atoms with Crippen LogP contribution in [0.3, 0.4) is 0 Å². The highest BCUT2D eigenvalue weighted by molar-refractivity contribution is 6.30. The molecule has 1 heterocycles. The van der Waals surface area contributed by atoms with Crippen molar-refractivity contribution in [2.75, 3.05) is 26.2 Å². The number of carboxylic acid groups (broad SMARTS) is 1. The SMILES string of the molecule is CCc1cccc(C2OC(CC(=O)O)C(=O)N(Cc3ccc(OC)cc3OC)c3ccc(Cl)cc32)c1OC. The Balaban J connectivity index is 1.91. The lowest BCUT2D eigenvalue weighted by atomic mass is 9.95. The fourth-order valence-corrected chi connectivity index (χ4v) is 4.94. The maximum atomic E-state index is 13.9. The van der Waals surface area contributed by atoms with Crippen LogP contribution in [0.4, 0.5) is 5.69 Å². The molecular formula is C29H30ClNO7. The molecule has 8 nitrogen and oxygen atoms in total. The molecule has 2 unspecified atom stereocenters. The minimum absolute atomic E-state index is 0.110. The molecule has 38 heavy (non-hydrogen) atoms. The zero-order valence-corrected chi connectivity index (χ0v) is 22.4. The van der Waals surface area contributed by atoms with E-state index in [4.69, 9.17) is 30.5 Å². The maximum absolute atomic E-state index is 13.9. The normalized spacial score (nSPS) is 17.0. The molecule has 4 rings (SSSR count). The Labute approximate surface area is 226 Å². The highest BCUT2D eigenvalue weighted by Crippen LogP contribution is 2.44. The van der Waals surface area contributed by atoms with E-state index in [0.717, 1.165) is 5.56 Å². The van der Waals surface area contributed by atoms with Gasteiger partial charge in [-0.3, -0.25) is 9.59 Å². The standard InChI is InChI=1S/C29H30ClNO7/c1-5-17-7-6-8-21(27(17)37-4)28-22-13-19(30)10-12-23(22)31(29(34)25(38-28)15-26(32)33)16-18-9-11-20(35-2)14-24(18)36-3/h6-14,25,28H,5,15-16H2,1-4H3,(H,32,33). The van der Waals surface area contributed by atoms with E-state index in [2.05, 4.69) is 0 Å². The first-order chi connectivity index (χ1) is 18.3. The zero-order valence-electron chi connectivity index (χ0n) is 21.7. The number of nitrogens with zero attached hydrogens (tertiary/aromatic N) is 1. The van der Waals surface area contributed by atoms with Crippen LogP contribution in [0.25, 0.3) is 0 Å². The fraction of sp³-hybridized carbons (Fsp3) is 0.310. The third kappa shape index (κ3) is 5.42. The van der Waals surface area contributed by atoms with E-state index in [0.29, 0.717) is 51.1 Å². The lowest BCUT2D eigenvalue weighted by Crippen LogP contribution is -2.40. The molecule has 1 N–H and O–H groups in total. The number of aryl methyl sites for hydroxylation is 1. The number of carboxylic acids is 1. The van der Waals surface area contributed by atoms with E-state index >= 15 is 0 Å². The number of hydrogen-bond acceptors (Lipinski definition) is 6. The Morgan fingerprint density at radius 3 is 2.45 bits per heavy atom. The van der Waals surface area contributed by atoms with E-state index in [1.165, 1.54) is 12.0 Å². The van der Waals surface area contributed by atoms with Gasteiger partial charge in [-0.15, -0.1) is 0 Å². The lowest BCUT2D eigenvalue weighted by Gasteiger charge is -2.26.